The van der Waals surface area contributed by atoms with Crippen LogP contribution < -0.4 is 20.1 Å². The van der Waals surface area contributed by atoms with Crippen LogP contribution in [0.25, 0.3) is 0 Å². The molecule has 3 aromatic rings. The van der Waals surface area contributed by atoms with Gasteiger partial charge in [0.1, 0.15) is 17.2 Å². The van der Waals surface area contributed by atoms with Gasteiger partial charge in [-0.1, -0.05) is 12.1 Å². The van der Waals surface area contributed by atoms with Crippen molar-refractivity contribution < 1.29 is 19.0 Å². The van der Waals surface area contributed by atoms with Crippen molar-refractivity contribution in [1.82, 2.24) is 10.3 Å². The van der Waals surface area contributed by atoms with E-state index in [2.05, 4.69) is 15.6 Å². The standard InChI is InChI=1S/C24H27N3O4/c1-18-15-20(8-11-23(18)31-22-5-3-12-25-16-22)27-24(28)26-13-4-14-30-17-19-6-9-21(29-2)10-7-19/h3,5-12,15-16H,4,13-14,17H2,1-2H3,(H2,26,27,28). The number of pyridine rings is 1. The fourth-order valence-electron chi connectivity index (χ4n) is 2.84. The molecule has 0 fully saturated rings. The van der Waals surface area contributed by atoms with Gasteiger partial charge in [-0.25, -0.2) is 4.79 Å². The van der Waals surface area contributed by atoms with E-state index < -0.39 is 0 Å². The number of benzene rings is 2. The van der Waals surface area contributed by atoms with Crippen LogP contribution in [-0.4, -0.2) is 31.3 Å². The third kappa shape index (κ3) is 7.31. The fourth-order valence-corrected chi connectivity index (χ4v) is 2.84. The molecule has 1 heterocycles. The maximum atomic E-state index is 12.1. The Hall–Kier alpha value is -3.58. The van der Waals surface area contributed by atoms with Crippen LogP contribution in [0.2, 0.25) is 0 Å². The van der Waals surface area contributed by atoms with Crippen molar-refractivity contribution in [2.75, 3.05) is 25.6 Å². The third-order valence-corrected chi connectivity index (χ3v) is 4.47. The van der Waals surface area contributed by atoms with E-state index >= 15 is 0 Å². The number of amides is 2. The first kappa shape index (κ1) is 22.1. The number of hydrogen-bond acceptors (Lipinski definition) is 5. The summed E-state index contributed by atoms with van der Waals surface area (Å²) in [5, 5.41) is 5.66. The van der Waals surface area contributed by atoms with Crippen molar-refractivity contribution in [2.45, 2.75) is 20.0 Å². The Morgan fingerprint density at radius 2 is 1.90 bits per heavy atom. The molecule has 2 amide bonds. The van der Waals surface area contributed by atoms with Gasteiger partial charge in [0.25, 0.3) is 0 Å². The highest BCUT2D eigenvalue weighted by Gasteiger charge is 2.06. The van der Waals surface area contributed by atoms with Gasteiger partial charge in [-0.05, 0) is 66.9 Å². The Labute approximate surface area is 182 Å². The lowest BCUT2D eigenvalue weighted by Gasteiger charge is -2.12. The summed E-state index contributed by atoms with van der Waals surface area (Å²) >= 11 is 0. The van der Waals surface area contributed by atoms with Gasteiger partial charge in [-0.3, -0.25) is 4.98 Å². The minimum absolute atomic E-state index is 0.254. The average Bonchev–Trinajstić information content (AvgIpc) is 2.79. The van der Waals surface area contributed by atoms with Crippen molar-refractivity contribution in [3.8, 4) is 17.2 Å². The predicted molar refractivity (Wildman–Crippen MR) is 120 cm³/mol. The van der Waals surface area contributed by atoms with Crippen molar-refractivity contribution in [3.05, 3.63) is 78.1 Å². The number of carbonyl (C=O) groups is 1. The van der Waals surface area contributed by atoms with Gasteiger partial charge in [-0.2, -0.15) is 0 Å². The molecular formula is C24H27N3O4. The second-order valence-corrected chi connectivity index (χ2v) is 6.91. The second kappa shape index (κ2) is 11.6. The predicted octanol–water partition coefficient (Wildman–Crippen LogP) is 4.92. The van der Waals surface area contributed by atoms with E-state index in [0.717, 1.165) is 23.3 Å². The molecule has 1 aromatic heterocycles. The lowest BCUT2D eigenvalue weighted by atomic mass is 10.2. The first-order valence-corrected chi connectivity index (χ1v) is 10.1. The van der Waals surface area contributed by atoms with Crippen LogP contribution in [-0.2, 0) is 11.3 Å². The van der Waals surface area contributed by atoms with Crippen LogP contribution in [0.1, 0.15) is 17.5 Å². The highest BCUT2D eigenvalue weighted by molar-refractivity contribution is 5.89. The van der Waals surface area contributed by atoms with E-state index in [1.54, 1.807) is 25.6 Å². The average molecular weight is 421 g/mol. The van der Waals surface area contributed by atoms with E-state index in [1.807, 2.05) is 55.5 Å². The molecule has 0 atom stereocenters. The minimum Gasteiger partial charge on any atom is -0.497 e. The van der Waals surface area contributed by atoms with Gasteiger partial charge < -0.3 is 24.8 Å². The zero-order valence-corrected chi connectivity index (χ0v) is 17.8. The van der Waals surface area contributed by atoms with Crippen molar-refractivity contribution in [3.63, 3.8) is 0 Å². The summed E-state index contributed by atoms with van der Waals surface area (Å²) in [6, 6.07) is 16.6. The lowest BCUT2D eigenvalue weighted by Crippen LogP contribution is -2.30. The highest BCUT2D eigenvalue weighted by atomic mass is 16.5. The summed E-state index contributed by atoms with van der Waals surface area (Å²) < 4.78 is 16.6. The van der Waals surface area contributed by atoms with Gasteiger partial charge in [0.05, 0.1) is 19.9 Å². The molecule has 31 heavy (non-hydrogen) atoms. The number of nitrogens with zero attached hydrogens (tertiary/aromatic N) is 1. The first-order valence-electron chi connectivity index (χ1n) is 10.1. The molecule has 7 nitrogen and oxygen atoms in total. The molecule has 0 aliphatic carbocycles. The van der Waals surface area contributed by atoms with Crippen LogP contribution in [0, 0.1) is 6.92 Å². The second-order valence-electron chi connectivity index (χ2n) is 6.91. The number of carbonyl (C=O) groups excluding carboxylic acids is 1. The number of rotatable bonds is 10. The van der Waals surface area contributed by atoms with Gasteiger partial charge >= 0.3 is 6.03 Å². The van der Waals surface area contributed by atoms with Gasteiger partial charge in [0, 0.05) is 25.0 Å². The summed E-state index contributed by atoms with van der Waals surface area (Å²) in [5.41, 5.74) is 2.69. The number of aromatic nitrogens is 1. The molecule has 2 aromatic carbocycles. The van der Waals surface area contributed by atoms with E-state index in [-0.39, 0.29) is 6.03 Å². The normalized spacial score (nSPS) is 10.4. The molecule has 0 bridgehead atoms. The molecule has 0 saturated carbocycles. The Balaban J connectivity index is 1.34. The fraction of sp³-hybridized carbons (Fsp3) is 0.250. The topological polar surface area (TPSA) is 81.7 Å². The number of methoxy groups -OCH3 is 1. The molecule has 2 N–H and O–H groups in total. The molecule has 0 aliphatic heterocycles. The zero-order valence-electron chi connectivity index (χ0n) is 17.8. The number of anilines is 1. The van der Waals surface area contributed by atoms with E-state index in [0.29, 0.717) is 36.9 Å². The van der Waals surface area contributed by atoms with Gasteiger partial charge in [0.2, 0.25) is 0 Å². The summed E-state index contributed by atoms with van der Waals surface area (Å²) in [7, 11) is 1.64. The Kier molecular flexibility index (Phi) is 8.25. The van der Waals surface area contributed by atoms with Crippen LogP contribution in [0.4, 0.5) is 10.5 Å². The molecule has 0 spiro atoms. The highest BCUT2D eigenvalue weighted by Crippen LogP contribution is 2.26. The van der Waals surface area contributed by atoms with Crippen LogP contribution in [0.3, 0.4) is 0 Å². The Morgan fingerprint density at radius 1 is 1.06 bits per heavy atom. The summed E-state index contributed by atoms with van der Waals surface area (Å²) in [5.74, 6) is 2.20. The minimum atomic E-state index is -0.254. The Bertz CT molecular complexity index is 962. The number of hydrogen-bond donors (Lipinski definition) is 2. The summed E-state index contributed by atoms with van der Waals surface area (Å²) in [6.45, 7) is 3.54. The van der Waals surface area contributed by atoms with E-state index in [9.17, 15) is 4.79 Å². The SMILES string of the molecule is COc1ccc(COCCCNC(=O)Nc2ccc(Oc3cccnc3)c(C)c2)cc1. The van der Waals surface area contributed by atoms with Gasteiger partial charge in [-0.15, -0.1) is 0 Å². The lowest BCUT2D eigenvalue weighted by molar-refractivity contribution is 0.119. The quantitative estimate of drug-likeness (QED) is 0.454. The van der Waals surface area contributed by atoms with Gasteiger partial charge in [0.15, 0.2) is 0 Å². The molecule has 0 saturated heterocycles. The molecule has 0 unspecified atom stereocenters. The van der Waals surface area contributed by atoms with Crippen molar-refractivity contribution >= 4 is 11.7 Å². The molecular weight excluding hydrogens is 394 g/mol. The number of urea groups is 1. The molecule has 0 aliphatic rings. The maximum Gasteiger partial charge on any atom is 0.319 e. The number of nitrogens with one attached hydrogen (secondary N) is 2. The van der Waals surface area contributed by atoms with Crippen molar-refractivity contribution in [2.24, 2.45) is 0 Å². The molecule has 0 radical (unpaired) electrons. The monoisotopic (exact) mass is 421 g/mol. The Morgan fingerprint density at radius 3 is 2.61 bits per heavy atom. The van der Waals surface area contributed by atoms with Crippen LogP contribution >= 0.6 is 0 Å². The van der Waals surface area contributed by atoms with Crippen LogP contribution in [0.15, 0.2) is 67.0 Å². The summed E-state index contributed by atoms with van der Waals surface area (Å²) in [4.78, 5) is 16.1. The van der Waals surface area contributed by atoms with E-state index in [1.165, 1.54) is 0 Å². The van der Waals surface area contributed by atoms with Crippen molar-refractivity contribution in [1.29, 1.82) is 0 Å². The summed E-state index contributed by atoms with van der Waals surface area (Å²) in [6.07, 6.45) is 4.07. The first-order chi connectivity index (χ1) is 15.1. The number of ether oxygens (including phenoxy) is 3. The maximum absolute atomic E-state index is 12.1. The third-order valence-electron chi connectivity index (χ3n) is 4.47. The molecule has 3 rings (SSSR count). The zero-order chi connectivity index (χ0) is 21.9. The molecule has 162 valence electrons. The van der Waals surface area contributed by atoms with Crippen LogP contribution in [0.5, 0.6) is 17.2 Å². The molecule has 7 heteroatoms. The van der Waals surface area contributed by atoms with E-state index in [4.69, 9.17) is 14.2 Å². The number of aryl methyl sites for hydroxylation is 1. The largest absolute Gasteiger partial charge is 0.497 e. The smallest absolute Gasteiger partial charge is 0.319 e.